The van der Waals surface area contributed by atoms with Crippen LogP contribution in [-0.2, 0) is 0 Å². The zero-order chi connectivity index (χ0) is 14.7. The van der Waals surface area contributed by atoms with E-state index in [0.29, 0.717) is 10.0 Å². The Labute approximate surface area is 140 Å². The Morgan fingerprint density at radius 1 is 1.30 bits per heavy atom. The molecule has 0 fully saturated rings. The second-order valence-corrected chi connectivity index (χ2v) is 6.39. The van der Waals surface area contributed by atoms with Crippen LogP contribution in [0.5, 0.6) is 5.75 Å². The summed E-state index contributed by atoms with van der Waals surface area (Å²) < 4.78 is 1.36. The quantitative estimate of drug-likeness (QED) is 0.400. The number of nitrogens with zero attached hydrogens (tertiary/aromatic N) is 1. The minimum atomic E-state index is 0.219. The molecule has 0 radical (unpaired) electrons. The molecular weight excluding hydrogens is 429 g/mol. The molecule has 2 aromatic carbocycles. The van der Waals surface area contributed by atoms with Crippen LogP contribution >= 0.6 is 38.5 Å². The number of phenols is 1. The van der Waals surface area contributed by atoms with Crippen LogP contribution in [0.15, 0.2) is 40.9 Å². The molecule has 0 aromatic heterocycles. The molecule has 0 atom stereocenters. The lowest BCUT2D eigenvalue weighted by atomic mass is 10.0. The van der Waals surface area contributed by atoms with Gasteiger partial charge in [-0.05, 0) is 74.8 Å². The van der Waals surface area contributed by atoms with Gasteiger partial charge in [-0.3, -0.25) is 0 Å². The van der Waals surface area contributed by atoms with E-state index in [2.05, 4.69) is 44.6 Å². The van der Waals surface area contributed by atoms with Crippen molar-refractivity contribution in [2.75, 3.05) is 0 Å². The molecule has 0 amide bonds. The summed E-state index contributed by atoms with van der Waals surface area (Å²) in [6.45, 7) is 2.01. The molecule has 20 heavy (non-hydrogen) atoms. The Bertz CT molecular complexity index is 691. The molecule has 2 aromatic rings. The Morgan fingerprint density at radius 2 is 1.95 bits per heavy atom. The first-order valence-corrected chi connectivity index (χ1v) is 7.75. The third kappa shape index (κ3) is 3.41. The minimum Gasteiger partial charge on any atom is -0.506 e. The summed E-state index contributed by atoms with van der Waals surface area (Å²) in [5.74, 6) is 0.219. The Hall–Kier alpha value is -1.32. The molecule has 0 aliphatic heterocycles. The van der Waals surface area contributed by atoms with E-state index in [0.717, 1.165) is 20.3 Å². The average Bonchev–Trinajstić information content (AvgIpc) is 2.43. The van der Waals surface area contributed by atoms with Gasteiger partial charge in [-0.25, -0.2) is 0 Å². The summed E-state index contributed by atoms with van der Waals surface area (Å²) >= 11 is 5.37. The van der Waals surface area contributed by atoms with Crippen LogP contribution in [-0.4, -0.2) is 5.11 Å². The summed E-state index contributed by atoms with van der Waals surface area (Å²) in [6.07, 6.45) is 1.82. The van der Waals surface area contributed by atoms with Gasteiger partial charge in [0.2, 0.25) is 0 Å². The smallest absolute Gasteiger partial charge is 0.143 e. The van der Waals surface area contributed by atoms with Crippen molar-refractivity contribution in [1.82, 2.24) is 0 Å². The first-order chi connectivity index (χ1) is 9.51. The molecule has 0 bridgehead atoms. The molecule has 4 heteroatoms. The molecule has 1 N–H and O–H groups in total. The fourth-order valence-electron chi connectivity index (χ4n) is 1.75. The summed E-state index contributed by atoms with van der Waals surface area (Å²) in [5.41, 5.74) is 3.51. The van der Waals surface area contributed by atoms with Crippen LogP contribution in [0.4, 0.5) is 0 Å². The number of halogens is 2. The highest BCUT2D eigenvalue weighted by atomic mass is 127. The molecule has 0 aliphatic carbocycles. The molecular formula is C16H11BrINO. The van der Waals surface area contributed by atoms with Gasteiger partial charge >= 0.3 is 0 Å². The first-order valence-electron chi connectivity index (χ1n) is 5.88. The standard InChI is InChI=1S/C16H11BrINO/c1-10-2-4-12(5-3-10)13(9-19)6-11-7-14(17)16(20)15(18)8-11/h2-8,20H,1H3/b13-6-. The van der Waals surface area contributed by atoms with Crippen LogP contribution in [0.1, 0.15) is 16.7 Å². The van der Waals surface area contributed by atoms with Gasteiger partial charge in [0, 0.05) is 0 Å². The van der Waals surface area contributed by atoms with E-state index in [1.54, 1.807) is 6.07 Å². The lowest BCUT2D eigenvalue weighted by Gasteiger charge is -2.04. The number of rotatable bonds is 2. The number of nitriles is 1. The molecule has 2 rings (SSSR count). The Balaban J connectivity index is 2.47. The van der Waals surface area contributed by atoms with Crippen molar-refractivity contribution in [3.63, 3.8) is 0 Å². The third-order valence-corrected chi connectivity index (χ3v) is 4.26. The maximum Gasteiger partial charge on any atom is 0.143 e. The van der Waals surface area contributed by atoms with Crippen molar-refractivity contribution in [2.45, 2.75) is 6.92 Å². The van der Waals surface area contributed by atoms with Crippen LogP contribution in [0.2, 0.25) is 0 Å². The number of allylic oxidation sites excluding steroid dienone is 1. The average molecular weight is 440 g/mol. The van der Waals surface area contributed by atoms with Crippen LogP contribution in [0.25, 0.3) is 11.6 Å². The van der Waals surface area contributed by atoms with Crippen LogP contribution in [0, 0.1) is 21.8 Å². The minimum absolute atomic E-state index is 0.219. The topological polar surface area (TPSA) is 44.0 Å². The third-order valence-electron chi connectivity index (χ3n) is 2.83. The molecule has 0 aliphatic rings. The van der Waals surface area contributed by atoms with Crippen LogP contribution in [0.3, 0.4) is 0 Å². The van der Waals surface area contributed by atoms with Gasteiger partial charge < -0.3 is 5.11 Å². The highest BCUT2D eigenvalue weighted by molar-refractivity contribution is 14.1. The number of aryl methyl sites for hydroxylation is 1. The maximum absolute atomic E-state index is 9.73. The fourth-order valence-corrected chi connectivity index (χ4v) is 3.25. The van der Waals surface area contributed by atoms with E-state index in [-0.39, 0.29) is 5.75 Å². The van der Waals surface area contributed by atoms with E-state index in [1.807, 2.05) is 43.3 Å². The van der Waals surface area contributed by atoms with Gasteiger partial charge in [-0.2, -0.15) is 5.26 Å². The van der Waals surface area contributed by atoms with E-state index in [1.165, 1.54) is 0 Å². The highest BCUT2D eigenvalue weighted by Gasteiger charge is 2.06. The molecule has 0 heterocycles. The Morgan fingerprint density at radius 3 is 2.50 bits per heavy atom. The van der Waals surface area contributed by atoms with Gasteiger partial charge in [0.15, 0.2) is 0 Å². The number of hydrogen-bond donors (Lipinski definition) is 1. The monoisotopic (exact) mass is 439 g/mol. The van der Waals surface area contributed by atoms with E-state index in [9.17, 15) is 10.4 Å². The molecule has 0 saturated heterocycles. The summed E-state index contributed by atoms with van der Waals surface area (Å²) in [4.78, 5) is 0. The van der Waals surface area contributed by atoms with Crippen molar-refractivity contribution in [2.24, 2.45) is 0 Å². The van der Waals surface area contributed by atoms with Crippen molar-refractivity contribution < 1.29 is 5.11 Å². The van der Waals surface area contributed by atoms with Gasteiger partial charge in [0.25, 0.3) is 0 Å². The second-order valence-electron chi connectivity index (χ2n) is 4.37. The molecule has 2 nitrogen and oxygen atoms in total. The predicted molar refractivity (Wildman–Crippen MR) is 93.2 cm³/mol. The van der Waals surface area contributed by atoms with E-state index in [4.69, 9.17) is 0 Å². The molecule has 0 saturated carbocycles. The second kappa shape index (κ2) is 6.42. The van der Waals surface area contributed by atoms with Gasteiger partial charge in [0.05, 0.1) is 19.7 Å². The number of hydrogen-bond acceptors (Lipinski definition) is 2. The molecule has 100 valence electrons. The van der Waals surface area contributed by atoms with Gasteiger partial charge in [-0.15, -0.1) is 0 Å². The first kappa shape index (κ1) is 15.1. The van der Waals surface area contributed by atoms with Gasteiger partial charge in [0.1, 0.15) is 5.75 Å². The van der Waals surface area contributed by atoms with Crippen molar-refractivity contribution in [1.29, 1.82) is 5.26 Å². The molecule has 0 unspecified atom stereocenters. The fraction of sp³-hybridized carbons (Fsp3) is 0.0625. The Kier molecular flexibility index (Phi) is 4.84. The number of aromatic hydroxyl groups is 1. The van der Waals surface area contributed by atoms with Crippen molar-refractivity contribution in [3.8, 4) is 11.8 Å². The number of benzene rings is 2. The highest BCUT2D eigenvalue weighted by Crippen LogP contribution is 2.31. The van der Waals surface area contributed by atoms with Gasteiger partial charge in [-0.1, -0.05) is 29.8 Å². The van der Waals surface area contributed by atoms with E-state index < -0.39 is 0 Å². The lowest BCUT2D eigenvalue weighted by molar-refractivity contribution is 0.468. The number of phenolic OH excluding ortho intramolecular Hbond substituents is 1. The van der Waals surface area contributed by atoms with E-state index >= 15 is 0 Å². The zero-order valence-corrected chi connectivity index (χ0v) is 14.4. The van der Waals surface area contributed by atoms with Crippen LogP contribution < -0.4 is 0 Å². The van der Waals surface area contributed by atoms with Crippen molar-refractivity contribution in [3.05, 3.63) is 61.1 Å². The lowest BCUT2D eigenvalue weighted by Crippen LogP contribution is -1.84. The maximum atomic E-state index is 9.73. The summed E-state index contributed by atoms with van der Waals surface area (Å²) in [6, 6.07) is 13.7. The predicted octanol–water partition coefficient (Wildman–Crippen LogP) is 5.13. The summed E-state index contributed by atoms with van der Waals surface area (Å²) in [7, 11) is 0. The zero-order valence-electron chi connectivity index (χ0n) is 10.7. The van der Waals surface area contributed by atoms with Crippen molar-refractivity contribution >= 4 is 50.2 Å². The molecule has 0 spiro atoms. The largest absolute Gasteiger partial charge is 0.506 e. The SMILES string of the molecule is Cc1ccc(/C(C#N)=C\c2cc(Br)c(O)c(I)c2)cc1. The summed E-state index contributed by atoms with van der Waals surface area (Å²) in [5, 5.41) is 19.1. The normalized spacial score (nSPS) is 11.2.